The zero-order valence-corrected chi connectivity index (χ0v) is 17.5. The summed E-state index contributed by atoms with van der Waals surface area (Å²) in [6.45, 7) is 6.60. The number of nitrogens with one attached hydrogen (secondary N) is 2. The number of hydrogen-bond acceptors (Lipinski definition) is 6. The van der Waals surface area contributed by atoms with E-state index in [1.165, 1.54) is 23.5 Å². The van der Waals surface area contributed by atoms with E-state index in [0.29, 0.717) is 30.0 Å². The van der Waals surface area contributed by atoms with Gasteiger partial charge in [-0.2, -0.15) is 0 Å². The number of piperazine rings is 1. The molecular formula is C21H22F2N4O2S. The van der Waals surface area contributed by atoms with Crippen LogP contribution < -0.4 is 20.3 Å². The van der Waals surface area contributed by atoms with Crippen LogP contribution in [-0.4, -0.2) is 43.2 Å². The molecule has 1 fully saturated rings. The van der Waals surface area contributed by atoms with Crippen molar-refractivity contribution in [2.45, 2.75) is 20.0 Å². The zero-order valence-electron chi connectivity index (χ0n) is 16.7. The number of anilines is 2. The van der Waals surface area contributed by atoms with Gasteiger partial charge in [0.05, 0.1) is 10.8 Å². The summed E-state index contributed by atoms with van der Waals surface area (Å²) in [5, 5.41) is 5.96. The molecule has 0 spiro atoms. The standard InChI is InChI=1S/C21H22F2N4O2S/c1-12(2)29-16-4-3-5-17-19(16)25-21(30-17)26-20(28)18-14(22)10-13(11-15(18)23)27-8-6-24-7-9-27/h3-5,10-12,24H,6-9H2,1-2H3,(H,25,26,28). The summed E-state index contributed by atoms with van der Waals surface area (Å²) in [6, 6.07) is 7.88. The first-order valence-corrected chi connectivity index (χ1v) is 10.6. The molecule has 1 amide bonds. The van der Waals surface area contributed by atoms with Crippen LogP contribution in [0.4, 0.5) is 19.6 Å². The van der Waals surface area contributed by atoms with Crippen molar-refractivity contribution in [3.8, 4) is 5.75 Å². The molecule has 1 aliphatic rings. The summed E-state index contributed by atoms with van der Waals surface area (Å²) < 4.78 is 35.8. The van der Waals surface area contributed by atoms with Crippen LogP contribution in [0.3, 0.4) is 0 Å². The minimum absolute atomic E-state index is 0.0345. The van der Waals surface area contributed by atoms with Crippen molar-refractivity contribution in [1.82, 2.24) is 10.3 Å². The van der Waals surface area contributed by atoms with Crippen LogP contribution in [-0.2, 0) is 0 Å². The van der Waals surface area contributed by atoms with Crippen molar-refractivity contribution < 1.29 is 18.3 Å². The maximum atomic E-state index is 14.7. The van der Waals surface area contributed by atoms with Gasteiger partial charge in [-0.3, -0.25) is 10.1 Å². The van der Waals surface area contributed by atoms with Crippen LogP contribution in [0.15, 0.2) is 30.3 Å². The number of nitrogens with zero attached hydrogens (tertiary/aromatic N) is 2. The lowest BCUT2D eigenvalue weighted by Gasteiger charge is -2.29. The van der Waals surface area contributed by atoms with E-state index in [9.17, 15) is 13.6 Å². The molecule has 30 heavy (non-hydrogen) atoms. The fraction of sp³-hybridized carbons (Fsp3) is 0.333. The van der Waals surface area contributed by atoms with E-state index in [1.54, 1.807) is 6.07 Å². The summed E-state index contributed by atoms with van der Waals surface area (Å²) >= 11 is 1.22. The molecule has 0 unspecified atom stereocenters. The van der Waals surface area contributed by atoms with Gasteiger partial charge in [-0.25, -0.2) is 13.8 Å². The van der Waals surface area contributed by atoms with Crippen molar-refractivity contribution in [1.29, 1.82) is 0 Å². The molecule has 9 heteroatoms. The molecular weight excluding hydrogens is 410 g/mol. The van der Waals surface area contributed by atoms with Crippen molar-refractivity contribution in [3.63, 3.8) is 0 Å². The Bertz CT molecular complexity index is 1060. The van der Waals surface area contributed by atoms with Gasteiger partial charge in [-0.15, -0.1) is 0 Å². The van der Waals surface area contributed by atoms with Gasteiger partial charge < -0.3 is 15.0 Å². The molecule has 1 aliphatic heterocycles. The van der Waals surface area contributed by atoms with Crippen LogP contribution >= 0.6 is 11.3 Å². The van der Waals surface area contributed by atoms with Gasteiger partial charge in [-0.05, 0) is 38.1 Å². The van der Waals surface area contributed by atoms with E-state index >= 15 is 0 Å². The Hall–Kier alpha value is -2.78. The summed E-state index contributed by atoms with van der Waals surface area (Å²) in [6.07, 6.45) is -0.0345. The lowest BCUT2D eigenvalue weighted by atomic mass is 10.1. The van der Waals surface area contributed by atoms with E-state index in [2.05, 4.69) is 15.6 Å². The number of carbonyl (C=O) groups is 1. The molecule has 2 N–H and O–H groups in total. The highest BCUT2D eigenvalue weighted by Gasteiger charge is 2.22. The molecule has 1 saturated heterocycles. The highest BCUT2D eigenvalue weighted by Crippen LogP contribution is 2.33. The van der Waals surface area contributed by atoms with Gasteiger partial charge in [0.2, 0.25) is 0 Å². The monoisotopic (exact) mass is 432 g/mol. The van der Waals surface area contributed by atoms with Crippen molar-refractivity contribution in [2.24, 2.45) is 0 Å². The smallest absolute Gasteiger partial charge is 0.263 e. The Morgan fingerprint density at radius 2 is 1.93 bits per heavy atom. The van der Waals surface area contributed by atoms with E-state index in [4.69, 9.17) is 4.74 Å². The quantitative estimate of drug-likeness (QED) is 0.638. The normalized spacial score (nSPS) is 14.4. The fourth-order valence-corrected chi connectivity index (χ4v) is 4.25. The minimum atomic E-state index is -0.897. The Morgan fingerprint density at radius 1 is 1.23 bits per heavy atom. The third kappa shape index (κ3) is 4.22. The van der Waals surface area contributed by atoms with E-state index in [0.717, 1.165) is 17.8 Å². The summed E-state index contributed by atoms with van der Waals surface area (Å²) in [5.41, 5.74) is 0.409. The first-order chi connectivity index (χ1) is 14.4. The lowest BCUT2D eigenvalue weighted by molar-refractivity contribution is 0.101. The van der Waals surface area contributed by atoms with Crippen LogP contribution in [0, 0.1) is 11.6 Å². The highest BCUT2D eigenvalue weighted by molar-refractivity contribution is 7.22. The number of fused-ring (bicyclic) bond motifs is 1. The van der Waals surface area contributed by atoms with Gasteiger partial charge in [0.1, 0.15) is 28.5 Å². The van der Waals surface area contributed by atoms with Crippen LogP contribution in [0.25, 0.3) is 10.2 Å². The second-order valence-electron chi connectivity index (χ2n) is 7.26. The van der Waals surface area contributed by atoms with Crippen molar-refractivity contribution in [2.75, 3.05) is 36.4 Å². The van der Waals surface area contributed by atoms with E-state index in [1.807, 2.05) is 30.9 Å². The summed E-state index contributed by atoms with van der Waals surface area (Å²) in [5.74, 6) is -2.07. The molecule has 0 radical (unpaired) electrons. The van der Waals surface area contributed by atoms with Gasteiger partial charge in [0.15, 0.2) is 5.13 Å². The van der Waals surface area contributed by atoms with Crippen molar-refractivity contribution >= 4 is 38.3 Å². The number of aromatic nitrogens is 1. The molecule has 2 aromatic carbocycles. The first-order valence-electron chi connectivity index (χ1n) is 9.74. The van der Waals surface area contributed by atoms with Crippen molar-refractivity contribution in [3.05, 3.63) is 47.5 Å². The molecule has 4 rings (SSSR count). The number of benzene rings is 2. The van der Waals surface area contributed by atoms with Gasteiger partial charge in [0.25, 0.3) is 5.91 Å². The number of halogens is 2. The molecule has 0 atom stereocenters. The predicted molar refractivity (Wildman–Crippen MR) is 115 cm³/mol. The van der Waals surface area contributed by atoms with Gasteiger partial charge >= 0.3 is 0 Å². The maximum Gasteiger partial charge on any atom is 0.263 e. The second-order valence-corrected chi connectivity index (χ2v) is 8.29. The third-order valence-electron chi connectivity index (χ3n) is 4.70. The van der Waals surface area contributed by atoms with Crippen LogP contribution in [0.2, 0.25) is 0 Å². The first kappa shape index (κ1) is 20.5. The minimum Gasteiger partial charge on any atom is -0.489 e. The fourth-order valence-electron chi connectivity index (χ4n) is 3.37. The number of carbonyl (C=O) groups excluding carboxylic acids is 1. The third-order valence-corrected chi connectivity index (χ3v) is 5.64. The Labute approximate surface area is 176 Å². The average molecular weight is 432 g/mol. The van der Waals surface area contributed by atoms with Crippen LogP contribution in [0.1, 0.15) is 24.2 Å². The van der Waals surface area contributed by atoms with E-state index in [-0.39, 0.29) is 11.2 Å². The molecule has 3 aromatic rings. The zero-order chi connectivity index (χ0) is 21.3. The average Bonchev–Trinajstić information content (AvgIpc) is 3.11. The maximum absolute atomic E-state index is 14.7. The number of thiazole rings is 1. The Balaban J connectivity index is 1.58. The predicted octanol–water partition coefficient (Wildman–Crippen LogP) is 4.02. The molecule has 1 aromatic heterocycles. The number of ether oxygens (including phenoxy) is 1. The van der Waals surface area contributed by atoms with Gasteiger partial charge in [-0.1, -0.05) is 17.4 Å². The Morgan fingerprint density at radius 3 is 2.60 bits per heavy atom. The second kappa shape index (κ2) is 8.53. The summed E-state index contributed by atoms with van der Waals surface area (Å²) in [4.78, 5) is 18.9. The topological polar surface area (TPSA) is 66.5 Å². The number of rotatable bonds is 5. The molecule has 6 nitrogen and oxygen atoms in total. The highest BCUT2D eigenvalue weighted by atomic mass is 32.1. The molecule has 158 valence electrons. The number of amides is 1. The lowest BCUT2D eigenvalue weighted by Crippen LogP contribution is -2.43. The molecule has 0 bridgehead atoms. The van der Waals surface area contributed by atoms with E-state index < -0.39 is 23.1 Å². The van der Waals surface area contributed by atoms with Crippen LogP contribution in [0.5, 0.6) is 5.75 Å². The number of hydrogen-bond donors (Lipinski definition) is 2. The largest absolute Gasteiger partial charge is 0.489 e. The molecule has 2 heterocycles. The SMILES string of the molecule is CC(C)Oc1cccc2sc(NC(=O)c3c(F)cc(N4CCNCC4)cc3F)nc12. The van der Waals surface area contributed by atoms with Gasteiger partial charge in [0, 0.05) is 31.9 Å². The Kier molecular flexibility index (Phi) is 5.83. The summed E-state index contributed by atoms with van der Waals surface area (Å²) in [7, 11) is 0. The number of para-hydroxylation sites is 1. The molecule has 0 aliphatic carbocycles. The molecule has 0 saturated carbocycles.